The summed E-state index contributed by atoms with van der Waals surface area (Å²) in [5.74, 6) is 0.686. The molecule has 0 bridgehead atoms. The van der Waals surface area contributed by atoms with Crippen LogP contribution in [0.3, 0.4) is 0 Å². The quantitative estimate of drug-likeness (QED) is 0.886. The Morgan fingerprint density at radius 2 is 2.05 bits per heavy atom. The van der Waals surface area contributed by atoms with Crippen LogP contribution in [0.1, 0.15) is 19.3 Å². The number of aliphatic hydroxyl groups excluding tert-OH is 1. The molecule has 1 saturated heterocycles. The highest BCUT2D eigenvalue weighted by atomic mass is 35.5. The first-order valence-corrected chi connectivity index (χ1v) is 8.14. The van der Waals surface area contributed by atoms with Crippen LogP contribution >= 0.6 is 11.6 Å². The van der Waals surface area contributed by atoms with Crippen LogP contribution in [0, 0.1) is 0 Å². The molecule has 1 aromatic heterocycles. The van der Waals surface area contributed by atoms with Crippen molar-refractivity contribution in [2.75, 3.05) is 31.6 Å². The molecule has 5 nitrogen and oxygen atoms in total. The van der Waals surface area contributed by atoms with Crippen LogP contribution in [-0.2, 0) is 0 Å². The van der Waals surface area contributed by atoms with Gasteiger partial charge in [-0.1, -0.05) is 18.0 Å². The first kappa shape index (κ1) is 15.5. The van der Waals surface area contributed by atoms with E-state index in [-0.39, 0.29) is 12.6 Å². The average Bonchev–Trinajstić information content (AvgIpc) is 2.55. The Morgan fingerprint density at radius 3 is 2.82 bits per heavy atom. The van der Waals surface area contributed by atoms with Gasteiger partial charge in [-0.25, -0.2) is 4.98 Å². The van der Waals surface area contributed by atoms with E-state index < -0.39 is 0 Å². The standard InChI is InChI=1S/C16H21ClN4O/c17-12-4-5-14-15(8-12)18-9-16(20-14)19-13(11-22)10-21-6-2-1-3-7-21/h4-5,8-9,13,22H,1-3,6-7,10-11H2,(H,19,20). The molecular formula is C16H21ClN4O. The topological polar surface area (TPSA) is 61.3 Å². The van der Waals surface area contributed by atoms with Gasteiger partial charge in [0.2, 0.25) is 0 Å². The lowest BCUT2D eigenvalue weighted by Gasteiger charge is -2.30. The van der Waals surface area contributed by atoms with Crippen molar-refractivity contribution in [1.29, 1.82) is 0 Å². The summed E-state index contributed by atoms with van der Waals surface area (Å²) in [6.45, 7) is 3.13. The Labute approximate surface area is 135 Å². The molecule has 6 heteroatoms. The molecule has 1 atom stereocenters. The van der Waals surface area contributed by atoms with Gasteiger partial charge < -0.3 is 15.3 Å². The van der Waals surface area contributed by atoms with Gasteiger partial charge in [-0.3, -0.25) is 4.98 Å². The number of likely N-dealkylation sites (tertiary alicyclic amines) is 1. The summed E-state index contributed by atoms with van der Waals surface area (Å²) in [7, 11) is 0. The van der Waals surface area contributed by atoms with E-state index in [2.05, 4.69) is 20.2 Å². The minimum Gasteiger partial charge on any atom is -0.394 e. The lowest BCUT2D eigenvalue weighted by molar-refractivity contribution is 0.187. The van der Waals surface area contributed by atoms with Crippen LogP contribution in [0.15, 0.2) is 24.4 Å². The minimum atomic E-state index is -0.0304. The zero-order chi connectivity index (χ0) is 15.4. The van der Waals surface area contributed by atoms with Gasteiger partial charge in [-0.15, -0.1) is 0 Å². The molecule has 1 aromatic carbocycles. The summed E-state index contributed by atoms with van der Waals surface area (Å²) in [4.78, 5) is 11.3. The van der Waals surface area contributed by atoms with Crippen molar-refractivity contribution in [3.63, 3.8) is 0 Å². The zero-order valence-electron chi connectivity index (χ0n) is 12.5. The molecule has 2 heterocycles. The second-order valence-electron chi connectivity index (χ2n) is 5.77. The lowest BCUT2D eigenvalue weighted by Crippen LogP contribution is -2.41. The molecule has 118 valence electrons. The first-order chi connectivity index (χ1) is 10.7. The smallest absolute Gasteiger partial charge is 0.145 e. The minimum absolute atomic E-state index is 0.0304. The molecular weight excluding hydrogens is 300 g/mol. The number of piperidine rings is 1. The molecule has 0 aliphatic carbocycles. The number of anilines is 1. The molecule has 0 spiro atoms. The molecule has 0 radical (unpaired) electrons. The Hall–Kier alpha value is -1.43. The third-order valence-corrected chi connectivity index (χ3v) is 4.24. The number of rotatable bonds is 5. The normalized spacial score (nSPS) is 17.5. The fourth-order valence-electron chi connectivity index (χ4n) is 2.87. The number of nitrogens with zero attached hydrogens (tertiary/aromatic N) is 3. The lowest BCUT2D eigenvalue weighted by atomic mass is 10.1. The van der Waals surface area contributed by atoms with E-state index in [1.165, 1.54) is 19.3 Å². The van der Waals surface area contributed by atoms with Crippen LogP contribution < -0.4 is 5.32 Å². The molecule has 1 fully saturated rings. The number of nitrogens with one attached hydrogen (secondary N) is 1. The number of hydrogen-bond donors (Lipinski definition) is 2. The molecule has 1 aliphatic heterocycles. The van der Waals surface area contributed by atoms with Crippen molar-refractivity contribution in [2.45, 2.75) is 25.3 Å². The van der Waals surface area contributed by atoms with E-state index in [1.54, 1.807) is 18.3 Å². The molecule has 0 amide bonds. The maximum absolute atomic E-state index is 9.61. The van der Waals surface area contributed by atoms with Gasteiger partial charge in [0.15, 0.2) is 0 Å². The van der Waals surface area contributed by atoms with Crippen molar-refractivity contribution in [3.05, 3.63) is 29.4 Å². The van der Waals surface area contributed by atoms with Gasteiger partial charge >= 0.3 is 0 Å². The number of benzene rings is 1. The predicted molar refractivity (Wildman–Crippen MR) is 89.3 cm³/mol. The SMILES string of the molecule is OCC(CN1CCCCC1)Nc1cnc2cc(Cl)ccc2n1. The molecule has 1 unspecified atom stereocenters. The molecule has 1 aliphatic rings. The maximum atomic E-state index is 9.61. The average molecular weight is 321 g/mol. The summed E-state index contributed by atoms with van der Waals surface area (Å²) >= 11 is 5.95. The summed E-state index contributed by atoms with van der Waals surface area (Å²) in [5, 5.41) is 13.6. The van der Waals surface area contributed by atoms with Gasteiger partial charge in [0, 0.05) is 11.6 Å². The highest BCUT2D eigenvalue weighted by Crippen LogP contribution is 2.18. The van der Waals surface area contributed by atoms with Gasteiger partial charge in [0.1, 0.15) is 5.82 Å². The maximum Gasteiger partial charge on any atom is 0.145 e. The highest BCUT2D eigenvalue weighted by Gasteiger charge is 2.16. The van der Waals surface area contributed by atoms with Gasteiger partial charge in [0.25, 0.3) is 0 Å². The Morgan fingerprint density at radius 1 is 1.23 bits per heavy atom. The molecule has 3 rings (SSSR count). The largest absolute Gasteiger partial charge is 0.394 e. The fraction of sp³-hybridized carbons (Fsp3) is 0.500. The monoisotopic (exact) mass is 320 g/mol. The number of halogens is 1. The fourth-order valence-corrected chi connectivity index (χ4v) is 3.03. The van der Waals surface area contributed by atoms with Crippen LogP contribution in [0.2, 0.25) is 5.02 Å². The number of fused-ring (bicyclic) bond motifs is 1. The molecule has 0 saturated carbocycles. The zero-order valence-corrected chi connectivity index (χ0v) is 13.3. The van der Waals surface area contributed by atoms with Gasteiger partial charge in [-0.2, -0.15) is 0 Å². The predicted octanol–water partition coefficient (Wildman–Crippen LogP) is 2.54. The van der Waals surface area contributed by atoms with Crippen molar-refractivity contribution in [2.24, 2.45) is 0 Å². The van der Waals surface area contributed by atoms with Crippen molar-refractivity contribution >= 4 is 28.5 Å². The third-order valence-electron chi connectivity index (χ3n) is 4.00. The molecule has 2 aromatic rings. The summed E-state index contributed by atoms with van der Waals surface area (Å²) < 4.78 is 0. The summed E-state index contributed by atoms with van der Waals surface area (Å²) in [6, 6.07) is 5.43. The second-order valence-corrected chi connectivity index (χ2v) is 6.21. The van der Waals surface area contributed by atoms with E-state index >= 15 is 0 Å². The third kappa shape index (κ3) is 3.85. The Balaban J connectivity index is 1.68. The highest BCUT2D eigenvalue weighted by molar-refractivity contribution is 6.31. The van der Waals surface area contributed by atoms with E-state index in [0.29, 0.717) is 10.8 Å². The van der Waals surface area contributed by atoms with Crippen LogP contribution in [-0.4, -0.2) is 52.3 Å². The van der Waals surface area contributed by atoms with Gasteiger partial charge in [0.05, 0.1) is 29.9 Å². The van der Waals surface area contributed by atoms with Crippen LogP contribution in [0.25, 0.3) is 11.0 Å². The van der Waals surface area contributed by atoms with E-state index in [4.69, 9.17) is 11.6 Å². The first-order valence-electron chi connectivity index (χ1n) is 7.76. The molecule has 2 N–H and O–H groups in total. The summed E-state index contributed by atoms with van der Waals surface area (Å²) in [5.41, 5.74) is 1.57. The number of aliphatic hydroxyl groups is 1. The van der Waals surface area contributed by atoms with Crippen molar-refractivity contribution in [3.8, 4) is 0 Å². The second kappa shape index (κ2) is 7.22. The number of aromatic nitrogens is 2. The molecule has 22 heavy (non-hydrogen) atoms. The van der Waals surface area contributed by atoms with E-state index in [1.807, 2.05) is 6.07 Å². The summed E-state index contributed by atoms with van der Waals surface area (Å²) in [6.07, 6.45) is 5.49. The van der Waals surface area contributed by atoms with Crippen LogP contribution in [0.4, 0.5) is 5.82 Å². The van der Waals surface area contributed by atoms with Crippen LogP contribution in [0.5, 0.6) is 0 Å². The number of hydrogen-bond acceptors (Lipinski definition) is 5. The Bertz CT molecular complexity index is 631. The van der Waals surface area contributed by atoms with Gasteiger partial charge in [-0.05, 0) is 44.1 Å². The Kier molecular flexibility index (Phi) is 5.08. The van der Waals surface area contributed by atoms with Crippen molar-refractivity contribution in [1.82, 2.24) is 14.9 Å². The van der Waals surface area contributed by atoms with E-state index in [9.17, 15) is 5.11 Å². The van der Waals surface area contributed by atoms with E-state index in [0.717, 1.165) is 30.7 Å². The van der Waals surface area contributed by atoms with Crippen molar-refractivity contribution < 1.29 is 5.11 Å².